The lowest BCUT2D eigenvalue weighted by atomic mass is 9.77. The number of alkyl carbamates (subject to hydrolysis) is 1. The fraction of sp³-hybridized carbons (Fsp3) is 0.184. The van der Waals surface area contributed by atoms with Gasteiger partial charge in [0.1, 0.15) is 30.0 Å². The van der Waals surface area contributed by atoms with Crippen LogP contribution >= 0.6 is 7.82 Å². The molecule has 320 valence electrons. The Morgan fingerprint density at radius 2 is 1.27 bits per heavy atom. The quantitative estimate of drug-likeness (QED) is 0.0533. The summed E-state index contributed by atoms with van der Waals surface area (Å²) in [5.74, 6) is -2.15. The van der Waals surface area contributed by atoms with Gasteiger partial charge in [-0.3, -0.25) is 23.8 Å². The van der Waals surface area contributed by atoms with E-state index in [0.29, 0.717) is 11.1 Å². The highest BCUT2D eigenvalue weighted by Crippen LogP contribution is 2.50. The molecule has 63 heavy (non-hydrogen) atoms. The maximum absolute atomic E-state index is 14.2. The number of phosphoric acid groups is 1. The lowest BCUT2D eigenvalue weighted by molar-refractivity contribution is -0.129. The van der Waals surface area contributed by atoms with Gasteiger partial charge in [0.15, 0.2) is 0 Å². The van der Waals surface area contributed by atoms with E-state index in [1.165, 1.54) is 6.07 Å². The number of amides is 4. The number of fused-ring (bicyclic) bond motifs is 4. The largest absolute Gasteiger partial charge is 0.527 e. The summed E-state index contributed by atoms with van der Waals surface area (Å²) in [5, 5.41) is 8.60. The van der Waals surface area contributed by atoms with Gasteiger partial charge < -0.3 is 30.9 Å². The second-order valence-electron chi connectivity index (χ2n) is 15.4. The van der Waals surface area contributed by atoms with Crippen LogP contribution in [0.5, 0.6) is 5.75 Å². The number of rotatable bonds is 15. The summed E-state index contributed by atoms with van der Waals surface area (Å²) in [5.41, 5.74) is 12.3. The molecule has 1 unspecified atom stereocenters. The van der Waals surface area contributed by atoms with Crippen molar-refractivity contribution in [3.8, 4) is 16.9 Å². The van der Waals surface area contributed by atoms with Gasteiger partial charge in [0.05, 0.1) is 6.61 Å². The predicted molar refractivity (Wildman–Crippen MR) is 235 cm³/mol. The van der Waals surface area contributed by atoms with Gasteiger partial charge >= 0.3 is 13.9 Å². The Kier molecular flexibility index (Phi) is 12.5. The summed E-state index contributed by atoms with van der Waals surface area (Å²) in [6.07, 6.45) is -1.34. The Morgan fingerprint density at radius 1 is 0.730 bits per heavy atom. The summed E-state index contributed by atoms with van der Waals surface area (Å²) < 4.78 is 27.8. The van der Waals surface area contributed by atoms with Crippen molar-refractivity contribution >= 4 is 31.6 Å². The van der Waals surface area contributed by atoms with Crippen molar-refractivity contribution in [1.82, 2.24) is 16.0 Å². The first-order valence-electron chi connectivity index (χ1n) is 20.5. The molecule has 4 amide bonds. The summed E-state index contributed by atoms with van der Waals surface area (Å²) in [6.45, 7) is -0.238. The maximum Gasteiger partial charge on any atom is 0.527 e. The van der Waals surface area contributed by atoms with E-state index in [1.54, 1.807) is 12.1 Å². The van der Waals surface area contributed by atoms with E-state index in [1.807, 2.05) is 140 Å². The number of hydrogen-bond donors (Lipinski definition) is 5. The molecule has 1 aliphatic carbocycles. The average molecular weight is 865 g/mol. The molecule has 6 aromatic carbocycles. The van der Waals surface area contributed by atoms with Crippen LogP contribution in [-0.2, 0) is 46.8 Å². The summed E-state index contributed by atoms with van der Waals surface area (Å²) in [4.78, 5) is 64.6. The number of carbonyl (C=O) groups excluding carboxylic acids is 4. The first-order valence-corrected chi connectivity index (χ1v) is 22.0. The number of hydrogen-bond acceptors (Lipinski definition) is 8. The minimum atomic E-state index is -4.26. The molecule has 1 heterocycles. The Hall–Kier alpha value is -7.05. The van der Waals surface area contributed by atoms with Crippen LogP contribution < -0.4 is 26.2 Å². The van der Waals surface area contributed by atoms with Gasteiger partial charge in [-0.1, -0.05) is 146 Å². The van der Waals surface area contributed by atoms with Gasteiger partial charge in [0, 0.05) is 24.3 Å². The van der Waals surface area contributed by atoms with E-state index >= 15 is 0 Å². The van der Waals surface area contributed by atoms with Crippen molar-refractivity contribution in [2.24, 2.45) is 5.73 Å². The third kappa shape index (κ3) is 9.41. The van der Waals surface area contributed by atoms with Crippen molar-refractivity contribution in [3.05, 3.63) is 197 Å². The minimum absolute atomic E-state index is 0.0155. The first-order chi connectivity index (χ1) is 30.5. The highest BCUT2D eigenvalue weighted by atomic mass is 31.2. The van der Waals surface area contributed by atoms with Crippen molar-refractivity contribution in [1.29, 1.82) is 0 Å². The molecule has 8 rings (SSSR count). The Balaban J connectivity index is 1.00. The molecule has 6 aromatic rings. The van der Waals surface area contributed by atoms with Crippen LogP contribution in [0, 0.1) is 0 Å². The van der Waals surface area contributed by atoms with Gasteiger partial charge in [-0.25, -0.2) is 9.36 Å². The van der Waals surface area contributed by atoms with Crippen molar-refractivity contribution < 1.29 is 42.4 Å². The van der Waals surface area contributed by atoms with E-state index in [-0.39, 0.29) is 44.1 Å². The van der Waals surface area contributed by atoms with Crippen molar-refractivity contribution in [2.45, 2.75) is 49.4 Å². The Bertz CT molecular complexity index is 2540. The molecule has 0 radical (unpaired) electrons. The lowest BCUT2D eigenvalue weighted by Crippen LogP contribution is -2.54. The second kappa shape index (κ2) is 18.5. The molecule has 0 fully saturated rings. The number of primary amides is 1. The minimum Gasteiger partial charge on any atom is -0.449 e. The molecule has 0 saturated carbocycles. The Morgan fingerprint density at radius 3 is 1.83 bits per heavy atom. The molecule has 1 aliphatic heterocycles. The third-order valence-corrected chi connectivity index (χ3v) is 12.3. The van der Waals surface area contributed by atoms with E-state index in [2.05, 4.69) is 16.0 Å². The van der Waals surface area contributed by atoms with Crippen molar-refractivity contribution in [2.75, 3.05) is 6.61 Å². The van der Waals surface area contributed by atoms with Crippen LogP contribution in [-0.4, -0.2) is 47.4 Å². The van der Waals surface area contributed by atoms with Crippen LogP contribution in [0.25, 0.3) is 11.1 Å². The van der Waals surface area contributed by atoms with E-state index in [4.69, 9.17) is 19.5 Å². The van der Waals surface area contributed by atoms with Crippen LogP contribution in [0.15, 0.2) is 158 Å². The zero-order chi connectivity index (χ0) is 44.0. The highest BCUT2D eigenvalue weighted by Gasteiger charge is 2.38. The monoisotopic (exact) mass is 864 g/mol. The van der Waals surface area contributed by atoms with Gasteiger partial charge in [0.2, 0.25) is 17.7 Å². The zero-order valence-electron chi connectivity index (χ0n) is 34.0. The van der Waals surface area contributed by atoms with Gasteiger partial charge in [-0.05, 0) is 63.1 Å². The second-order valence-corrected chi connectivity index (χ2v) is 16.8. The Labute approximate surface area is 364 Å². The number of nitrogens with two attached hydrogens (primary N) is 1. The predicted octanol–water partition coefficient (Wildman–Crippen LogP) is 7.00. The molecular weight excluding hydrogens is 820 g/mol. The summed E-state index contributed by atoms with van der Waals surface area (Å²) in [7, 11) is -4.26. The average Bonchev–Trinajstić information content (AvgIpc) is 3.62. The van der Waals surface area contributed by atoms with Crippen LogP contribution in [0.2, 0.25) is 0 Å². The van der Waals surface area contributed by atoms with Crippen molar-refractivity contribution in [3.63, 3.8) is 0 Å². The smallest absolute Gasteiger partial charge is 0.449 e. The third-order valence-electron chi connectivity index (χ3n) is 11.4. The lowest BCUT2D eigenvalue weighted by Gasteiger charge is -2.37. The molecule has 0 spiro atoms. The van der Waals surface area contributed by atoms with E-state index in [0.717, 1.165) is 38.9 Å². The number of benzene rings is 6. The number of carbonyl (C=O) groups is 4. The van der Waals surface area contributed by atoms with Crippen LogP contribution in [0.4, 0.5) is 4.79 Å². The molecular formula is C49H45N4O9P. The maximum atomic E-state index is 14.2. The number of phosphoric ester groups is 1. The molecule has 0 saturated heterocycles. The molecule has 14 heteroatoms. The van der Waals surface area contributed by atoms with Gasteiger partial charge in [0.25, 0.3) is 0 Å². The number of ether oxygens (including phenoxy) is 1. The highest BCUT2D eigenvalue weighted by molar-refractivity contribution is 7.47. The topological polar surface area (TPSA) is 195 Å². The van der Waals surface area contributed by atoms with Gasteiger partial charge in [-0.15, -0.1) is 0 Å². The normalized spacial score (nSPS) is 16.2. The molecule has 2 aliphatic rings. The zero-order valence-corrected chi connectivity index (χ0v) is 34.9. The van der Waals surface area contributed by atoms with E-state index in [9.17, 15) is 28.6 Å². The van der Waals surface area contributed by atoms with E-state index < -0.39 is 49.3 Å². The fourth-order valence-electron chi connectivity index (χ4n) is 8.38. The molecule has 0 aromatic heterocycles. The number of nitrogens with one attached hydrogen (secondary N) is 3. The van der Waals surface area contributed by atoms with Crippen LogP contribution in [0.1, 0.15) is 57.7 Å². The fourth-order valence-corrected chi connectivity index (χ4v) is 9.16. The summed E-state index contributed by atoms with van der Waals surface area (Å²) in [6, 6.07) is 46.5. The molecule has 3 atom stereocenters. The summed E-state index contributed by atoms with van der Waals surface area (Å²) >= 11 is 0. The molecule has 0 bridgehead atoms. The SMILES string of the molecule is NC(=O)[C@H](CCC(=O)NC(c1ccccc1)(c1ccccc1)c1ccccc1)NC(=O)[C@H](Cc1ccc2c(c1)COP(=O)(O)O2)NC(=O)OCC1c2ccccc2-c2ccccc21. The molecule has 13 nitrogen and oxygen atoms in total. The van der Waals surface area contributed by atoms with Gasteiger partial charge in [-0.2, -0.15) is 0 Å². The van der Waals surface area contributed by atoms with Crippen LogP contribution in [0.3, 0.4) is 0 Å². The first kappa shape index (κ1) is 42.6. The standard InChI is InChI=1S/C49H45N4O9P/c50-46(55)42(25-27-45(54)53-49(34-14-4-1-5-15-34,35-16-6-2-7-17-35)36-18-8-3-9-19-36)51-47(56)43(29-32-24-26-44-33(28-32)30-61-63(58,59)62-44)52-48(57)60-31-41-39-22-12-10-20-37(39)38-21-11-13-23-40(38)41/h1-24,26,28,41-43H,25,27,29-31H2,(H2,50,55)(H,51,56)(H,52,57)(H,53,54)(H,58,59)/t42-,43-/m0/s1. The molecule has 6 N–H and O–H groups in total.